The van der Waals surface area contributed by atoms with Gasteiger partial charge in [0.25, 0.3) is 0 Å². The molecule has 0 N–H and O–H groups in total. The molecule has 0 radical (unpaired) electrons. The summed E-state index contributed by atoms with van der Waals surface area (Å²) in [5, 5.41) is 0. The lowest BCUT2D eigenvalue weighted by Crippen LogP contribution is -2.05. The van der Waals surface area contributed by atoms with Gasteiger partial charge in [0, 0.05) is 18.4 Å². The maximum atomic E-state index is 11.9. The lowest BCUT2D eigenvalue weighted by atomic mass is 10.0. The molecule has 0 spiro atoms. The quantitative estimate of drug-likeness (QED) is 0.531. The number of benzene rings is 1. The van der Waals surface area contributed by atoms with Crippen LogP contribution in [0.3, 0.4) is 0 Å². The maximum absolute atomic E-state index is 11.9. The summed E-state index contributed by atoms with van der Waals surface area (Å²) in [5.41, 5.74) is 1.98. The molecule has 19 heavy (non-hydrogen) atoms. The summed E-state index contributed by atoms with van der Waals surface area (Å²) in [4.78, 5) is 23.0. The van der Waals surface area contributed by atoms with E-state index in [2.05, 4.69) is 6.92 Å². The molecule has 0 aliphatic carbocycles. The Balaban J connectivity index is 2.38. The summed E-state index contributed by atoms with van der Waals surface area (Å²) in [6, 6.07) is 7.75. The molecule has 3 nitrogen and oxygen atoms in total. The summed E-state index contributed by atoms with van der Waals surface area (Å²) in [6.07, 6.45) is 3.40. The zero-order valence-corrected chi connectivity index (χ0v) is 11.8. The van der Waals surface area contributed by atoms with Crippen LogP contribution in [-0.2, 0) is 16.0 Å². The predicted octanol–water partition coefficient (Wildman–Crippen LogP) is 3.56. The van der Waals surface area contributed by atoms with Gasteiger partial charge in [-0.15, -0.1) is 0 Å². The first-order chi connectivity index (χ1) is 9.17. The third-order valence-corrected chi connectivity index (χ3v) is 2.90. The number of ether oxygens (including phenoxy) is 1. The normalized spacial score (nSPS) is 10.2. The molecule has 1 aromatic rings. The van der Waals surface area contributed by atoms with Gasteiger partial charge in [0.05, 0.1) is 6.61 Å². The number of aryl methyl sites for hydroxylation is 1. The summed E-state index contributed by atoms with van der Waals surface area (Å²) in [5.74, 6) is -0.138. The zero-order chi connectivity index (χ0) is 14.1. The Bertz CT molecular complexity index is 407. The smallest absolute Gasteiger partial charge is 0.305 e. The molecular weight excluding hydrogens is 240 g/mol. The fraction of sp³-hybridized carbons (Fsp3) is 0.500. The van der Waals surface area contributed by atoms with Crippen molar-refractivity contribution >= 4 is 11.8 Å². The Labute approximate surface area is 115 Å². The van der Waals surface area contributed by atoms with E-state index in [0.717, 1.165) is 18.4 Å². The van der Waals surface area contributed by atoms with E-state index in [4.69, 9.17) is 4.74 Å². The fourth-order valence-electron chi connectivity index (χ4n) is 1.92. The van der Waals surface area contributed by atoms with Gasteiger partial charge >= 0.3 is 5.97 Å². The number of hydrogen-bond donors (Lipinski definition) is 0. The molecule has 0 bridgehead atoms. The van der Waals surface area contributed by atoms with Crippen molar-refractivity contribution < 1.29 is 14.3 Å². The topological polar surface area (TPSA) is 43.4 Å². The van der Waals surface area contributed by atoms with Crippen molar-refractivity contribution in [3.05, 3.63) is 35.4 Å². The van der Waals surface area contributed by atoms with Crippen LogP contribution in [0.5, 0.6) is 0 Å². The van der Waals surface area contributed by atoms with Crippen molar-refractivity contribution in [1.82, 2.24) is 0 Å². The van der Waals surface area contributed by atoms with Gasteiger partial charge in [0.2, 0.25) is 0 Å². The minimum Gasteiger partial charge on any atom is -0.466 e. The molecule has 3 heteroatoms. The Hall–Kier alpha value is -1.64. The first kappa shape index (κ1) is 15.4. The second-order valence-electron chi connectivity index (χ2n) is 4.53. The summed E-state index contributed by atoms with van der Waals surface area (Å²) in [6.45, 7) is 4.31. The van der Waals surface area contributed by atoms with Crippen molar-refractivity contribution in [2.24, 2.45) is 0 Å². The molecule has 1 aromatic carbocycles. The lowest BCUT2D eigenvalue weighted by molar-refractivity contribution is -0.143. The van der Waals surface area contributed by atoms with Crippen molar-refractivity contribution in [3.8, 4) is 0 Å². The van der Waals surface area contributed by atoms with E-state index >= 15 is 0 Å². The first-order valence-electron chi connectivity index (χ1n) is 6.95. The van der Waals surface area contributed by atoms with Crippen molar-refractivity contribution in [2.75, 3.05) is 6.61 Å². The molecule has 0 fully saturated rings. The highest BCUT2D eigenvalue weighted by Gasteiger charge is 2.08. The fourth-order valence-corrected chi connectivity index (χ4v) is 1.92. The predicted molar refractivity (Wildman–Crippen MR) is 75.3 cm³/mol. The number of ketones is 1. The zero-order valence-electron chi connectivity index (χ0n) is 11.8. The number of carbonyl (C=O) groups is 2. The van der Waals surface area contributed by atoms with Crippen molar-refractivity contribution in [3.63, 3.8) is 0 Å². The van der Waals surface area contributed by atoms with E-state index in [1.54, 1.807) is 6.92 Å². The van der Waals surface area contributed by atoms with Gasteiger partial charge in [-0.1, -0.05) is 37.6 Å². The summed E-state index contributed by atoms with van der Waals surface area (Å²) >= 11 is 0. The minimum absolute atomic E-state index is 0.0901. The van der Waals surface area contributed by atoms with E-state index < -0.39 is 0 Å². The molecule has 0 saturated carbocycles. The van der Waals surface area contributed by atoms with Crippen molar-refractivity contribution in [1.29, 1.82) is 0 Å². The Morgan fingerprint density at radius 1 is 1.05 bits per heavy atom. The van der Waals surface area contributed by atoms with Gasteiger partial charge < -0.3 is 4.74 Å². The molecule has 0 unspecified atom stereocenters. The van der Waals surface area contributed by atoms with Gasteiger partial charge in [0.1, 0.15) is 0 Å². The molecular formula is C16H22O3. The molecule has 1 rings (SSSR count). The standard InChI is InChI=1S/C16H22O3/c1-3-6-13-9-11-14(12-10-13)15(17)7-5-8-16(18)19-4-2/h9-12H,3-8H2,1-2H3. The Kier molecular flexibility index (Phi) is 6.86. The van der Waals surface area contributed by atoms with Crippen LogP contribution in [0.15, 0.2) is 24.3 Å². The van der Waals surface area contributed by atoms with Gasteiger partial charge in [0.15, 0.2) is 5.78 Å². The minimum atomic E-state index is -0.228. The third kappa shape index (κ3) is 5.69. The Morgan fingerprint density at radius 3 is 2.32 bits per heavy atom. The lowest BCUT2D eigenvalue weighted by Gasteiger charge is -2.03. The number of hydrogen-bond acceptors (Lipinski definition) is 3. The number of rotatable bonds is 8. The van der Waals surface area contributed by atoms with Crippen LogP contribution >= 0.6 is 0 Å². The SMILES string of the molecule is CCCc1ccc(C(=O)CCCC(=O)OCC)cc1. The highest BCUT2D eigenvalue weighted by atomic mass is 16.5. The van der Waals surface area contributed by atoms with Crippen LogP contribution in [0.1, 0.15) is 55.5 Å². The van der Waals surface area contributed by atoms with E-state index in [0.29, 0.717) is 25.9 Å². The second-order valence-corrected chi connectivity index (χ2v) is 4.53. The monoisotopic (exact) mass is 262 g/mol. The molecule has 104 valence electrons. The second kappa shape index (κ2) is 8.46. The molecule has 0 aliphatic rings. The van der Waals surface area contributed by atoms with E-state index in [1.165, 1.54) is 5.56 Å². The van der Waals surface area contributed by atoms with Crippen LogP contribution in [0.2, 0.25) is 0 Å². The summed E-state index contributed by atoms with van der Waals surface area (Å²) < 4.78 is 4.82. The largest absolute Gasteiger partial charge is 0.466 e. The van der Waals surface area contributed by atoms with Gasteiger partial charge in [-0.25, -0.2) is 0 Å². The molecule has 0 aromatic heterocycles. The number of Topliss-reactive ketones (excluding diaryl/α,β-unsaturated/α-hetero) is 1. The molecule has 0 atom stereocenters. The highest BCUT2D eigenvalue weighted by molar-refractivity contribution is 5.96. The van der Waals surface area contributed by atoms with Crippen LogP contribution in [0, 0.1) is 0 Å². The maximum Gasteiger partial charge on any atom is 0.305 e. The van der Waals surface area contributed by atoms with Gasteiger partial charge in [-0.3, -0.25) is 9.59 Å². The van der Waals surface area contributed by atoms with Crippen LogP contribution < -0.4 is 0 Å². The van der Waals surface area contributed by atoms with E-state index in [-0.39, 0.29) is 11.8 Å². The average molecular weight is 262 g/mol. The van der Waals surface area contributed by atoms with Gasteiger partial charge in [-0.05, 0) is 25.3 Å². The van der Waals surface area contributed by atoms with E-state index in [9.17, 15) is 9.59 Å². The third-order valence-electron chi connectivity index (χ3n) is 2.90. The van der Waals surface area contributed by atoms with E-state index in [1.807, 2.05) is 24.3 Å². The van der Waals surface area contributed by atoms with Crippen LogP contribution in [0.4, 0.5) is 0 Å². The van der Waals surface area contributed by atoms with Crippen LogP contribution in [-0.4, -0.2) is 18.4 Å². The number of esters is 1. The molecule has 0 aliphatic heterocycles. The molecule has 0 heterocycles. The summed E-state index contributed by atoms with van der Waals surface area (Å²) in [7, 11) is 0. The first-order valence-corrected chi connectivity index (χ1v) is 6.95. The number of carbonyl (C=O) groups excluding carboxylic acids is 2. The highest BCUT2D eigenvalue weighted by Crippen LogP contribution is 2.10. The van der Waals surface area contributed by atoms with Gasteiger partial charge in [-0.2, -0.15) is 0 Å². The Morgan fingerprint density at radius 2 is 1.74 bits per heavy atom. The van der Waals surface area contributed by atoms with Crippen molar-refractivity contribution in [2.45, 2.75) is 46.0 Å². The molecule has 0 amide bonds. The average Bonchev–Trinajstić information content (AvgIpc) is 2.40. The molecule has 0 saturated heterocycles. The van der Waals surface area contributed by atoms with Crippen LogP contribution in [0.25, 0.3) is 0 Å².